The van der Waals surface area contributed by atoms with E-state index in [1.807, 2.05) is 0 Å². The molecule has 8 nitrogen and oxygen atoms in total. The van der Waals surface area contributed by atoms with Gasteiger partial charge in [-0.15, -0.1) is 0 Å². The van der Waals surface area contributed by atoms with Crippen LogP contribution < -0.4 is 19.6 Å². The van der Waals surface area contributed by atoms with Gasteiger partial charge in [0.05, 0.1) is 20.6 Å². The van der Waals surface area contributed by atoms with E-state index in [-0.39, 0.29) is 40.4 Å². The third kappa shape index (κ3) is 3.49. The van der Waals surface area contributed by atoms with Crippen LogP contribution in [0.5, 0.6) is 28.7 Å². The van der Waals surface area contributed by atoms with E-state index in [0.29, 0.717) is 22.6 Å². The molecule has 1 aromatic heterocycles. The Hall–Kier alpha value is -4.46. The molecule has 0 fully saturated rings. The molecule has 4 aromatic rings. The standard InChI is InChI=1S/C26H20O8/c1-31-19-8-5-14(9-21(19)32-2)16-10-23(30)33-22-12-18(29)25-17(28)11-20(34-26(25)24(16)22)13-3-6-15(27)7-4-13/h3-9,11-12,16,27,29H,10H2,1-2H3/t16-/m0/s1. The number of benzene rings is 3. The summed E-state index contributed by atoms with van der Waals surface area (Å²) < 4.78 is 22.3. The number of aromatic hydroxyl groups is 2. The molecule has 0 bridgehead atoms. The van der Waals surface area contributed by atoms with Crippen molar-refractivity contribution in [3.05, 3.63) is 75.9 Å². The van der Waals surface area contributed by atoms with Crippen molar-refractivity contribution in [1.29, 1.82) is 0 Å². The minimum Gasteiger partial charge on any atom is -0.508 e. The summed E-state index contributed by atoms with van der Waals surface area (Å²) in [6, 6.07) is 14.0. The van der Waals surface area contributed by atoms with E-state index in [0.717, 1.165) is 5.56 Å². The van der Waals surface area contributed by atoms with Crippen LogP contribution in [0.1, 0.15) is 23.5 Å². The van der Waals surface area contributed by atoms with Crippen molar-refractivity contribution < 1.29 is 33.6 Å². The summed E-state index contributed by atoms with van der Waals surface area (Å²) in [5, 5.41) is 20.2. The molecule has 0 radical (unpaired) electrons. The maximum atomic E-state index is 13.0. The zero-order valence-corrected chi connectivity index (χ0v) is 18.3. The lowest BCUT2D eigenvalue weighted by atomic mass is 9.85. The third-order valence-electron chi connectivity index (χ3n) is 5.89. The number of carbonyl (C=O) groups is 1. The molecule has 5 rings (SSSR count). The van der Waals surface area contributed by atoms with E-state index in [1.54, 1.807) is 30.3 Å². The van der Waals surface area contributed by atoms with Crippen LogP contribution in [0.4, 0.5) is 0 Å². The van der Waals surface area contributed by atoms with Crippen molar-refractivity contribution in [2.75, 3.05) is 14.2 Å². The van der Waals surface area contributed by atoms with Gasteiger partial charge in [0.1, 0.15) is 34.0 Å². The summed E-state index contributed by atoms with van der Waals surface area (Å²) in [5.41, 5.74) is 1.42. The lowest BCUT2D eigenvalue weighted by Crippen LogP contribution is -2.22. The van der Waals surface area contributed by atoms with Gasteiger partial charge in [-0.25, -0.2) is 0 Å². The molecular formula is C26H20O8. The number of carbonyl (C=O) groups excluding carboxylic acids is 1. The molecule has 0 saturated carbocycles. The Labute approximate surface area is 193 Å². The number of phenolic OH excluding ortho intramolecular Hbond substituents is 2. The largest absolute Gasteiger partial charge is 0.508 e. The molecule has 8 heteroatoms. The predicted octanol–water partition coefficient (Wildman–Crippen LogP) is 4.33. The van der Waals surface area contributed by atoms with Crippen molar-refractivity contribution >= 4 is 16.9 Å². The minimum atomic E-state index is -0.530. The Kier molecular flexibility index (Phi) is 5.13. The topological polar surface area (TPSA) is 115 Å². The Morgan fingerprint density at radius 3 is 2.35 bits per heavy atom. The van der Waals surface area contributed by atoms with E-state index < -0.39 is 17.3 Å². The summed E-state index contributed by atoms with van der Waals surface area (Å²) in [6.45, 7) is 0. The van der Waals surface area contributed by atoms with Gasteiger partial charge in [-0.3, -0.25) is 9.59 Å². The Morgan fingerprint density at radius 1 is 0.912 bits per heavy atom. The van der Waals surface area contributed by atoms with Crippen LogP contribution in [0, 0.1) is 0 Å². The fourth-order valence-electron chi connectivity index (χ4n) is 4.28. The molecule has 0 saturated heterocycles. The van der Waals surface area contributed by atoms with Crippen LogP contribution in [-0.2, 0) is 4.79 Å². The van der Waals surface area contributed by atoms with Gasteiger partial charge in [-0.1, -0.05) is 6.07 Å². The minimum absolute atomic E-state index is 0.00446. The second kappa shape index (κ2) is 8.15. The maximum absolute atomic E-state index is 13.0. The average Bonchev–Trinajstić information content (AvgIpc) is 2.82. The molecule has 34 heavy (non-hydrogen) atoms. The molecule has 172 valence electrons. The average molecular weight is 460 g/mol. The molecule has 3 aromatic carbocycles. The quantitative estimate of drug-likeness (QED) is 0.342. The molecule has 1 aliphatic heterocycles. The summed E-state index contributed by atoms with van der Waals surface area (Å²) in [6.07, 6.45) is -0.00446. The molecule has 0 aliphatic carbocycles. The van der Waals surface area contributed by atoms with E-state index in [9.17, 15) is 19.8 Å². The number of phenols is 2. The first-order chi connectivity index (χ1) is 16.4. The normalized spacial score (nSPS) is 15.0. The van der Waals surface area contributed by atoms with E-state index in [1.165, 1.54) is 38.5 Å². The number of ether oxygens (including phenoxy) is 3. The number of hydrogen-bond acceptors (Lipinski definition) is 8. The van der Waals surface area contributed by atoms with Crippen LogP contribution in [0.25, 0.3) is 22.3 Å². The van der Waals surface area contributed by atoms with Crippen molar-refractivity contribution in [2.24, 2.45) is 0 Å². The zero-order chi connectivity index (χ0) is 24.0. The second-order valence-electron chi connectivity index (χ2n) is 7.88. The van der Waals surface area contributed by atoms with E-state index in [2.05, 4.69) is 0 Å². The number of esters is 1. The Bertz CT molecular complexity index is 1480. The van der Waals surface area contributed by atoms with Gasteiger partial charge in [0, 0.05) is 29.2 Å². The van der Waals surface area contributed by atoms with Gasteiger partial charge in [0.15, 0.2) is 16.9 Å². The maximum Gasteiger partial charge on any atom is 0.312 e. The third-order valence-corrected chi connectivity index (χ3v) is 5.89. The molecule has 0 amide bonds. The molecule has 1 atom stereocenters. The highest BCUT2D eigenvalue weighted by atomic mass is 16.5. The second-order valence-corrected chi connectivity index (χ2v) is 7.88. The lowest BCUT2D eigenvalue weighted by Gasteiger charge is -2.26. The monoisotopic (exact) mass is 460 g/mol. The molecule has 2 heterocycles. The first-order valence-electron chi connectivity index (χ1n) is 10.4. The summed E-state index contributed by atoms with van der Waals surface area (Å²) >= 11 is 0. The van der Waals surface area contributed by atoms with Crippen molar-refractivity contribution in [3.63, 3.8) is 0 Å². The summed E-state index contributed by atoms with van der Waals surface area (Å²) in [5.74, 6) is 0.0833. The highest BCUT2D eigenvalue weighted by Gasteiger charge is 2.34. The molecule has 0 unspecified atom stereocenters. The van der Waals surface area contributed by atoms with Crippen LogP contribution >= 0.6 is 0 Å². The fourth-order valence-corrected chi connectivity index (χ4v) is 4.28. The highest BCUT2D eigenvalue weighted by Crippen LogP contribution is 2.47. The molecular weight excluding hydrogens is 440 g/mol. The first-order valence-corrected chi connectivity index (χ1v) is 10.4. The van der Waals surface area contributed by atoms with Gasteiger partial charge < -0.3 is 28.8 Å². The van der Waals surface area contributed by atoms with Gasteiger partial charge in [0.2, 0.25) is 0 Å². The van der Waals surface area contributed by atoms with Gasteiger partial charge >= 0.3 is 5.97 Å². The van der Waals surface area contributed by atoms with Crippen LogP contribution in [-0.4, -0.2) is 30.4 Å². The first kappa shape index (κ1) is 21.4. The van der Waals surface area contributed by atoms with Gasteiger partial charge in [0.25, 0.3) is 0 Å². The zero-order valence-electron chi connectivity index (χ0n) is 18.3. The van der Waals surface area contributed by atoms with Gasteiger partial charge in [-0.05, 0) is 42.0 Å². The van der Waals surface area contributed by atoms with Crippen LogP contribution in [0.2, 0.25) is 0 Å². The smallest absolute Gasteiger partial charge is 0.312 e. The van der Waals surface area contributed by atoms with Crippen LogP contribution in [0.15, 0.2) is 63.8 Å². The van der Waals surface area contributed by atoms with E-state index in [4.69, 9.17) is 18.6 Å². The van der Waals surface area contributed by atoms with Crippen LogP contribution in [0.3, 0.4) is 0 Å². The van der Waals surface area contributed by atoms with Crippen molar-refractivity contribution in [2.45, 2.75) is 12.3 Å². The highest BCUT2D eigenvalue weighted by molar-refractivity contribution is 5.93. The van der Waals surface area contributed by atoms with Gasteiger partial charge in [-0.2, -0.15) is 0 Å². The molecule has 2 N–H and O–H groups in total. The predicted molar refractivity (Wildman–Crippen MR) is 123 cm³/mol. The van der Waals surface area contributed by atoms with Crippen molar-refractivity contribution in [3.8, 4) is 40.1 Å². The molecule has 1 aliphatic rings. The van der Waals surface area contributed by atoms with Crippen molar-refractivity contribution in [1.82, 2.24) is 0 Å². The fraction of sp³-hybridized carbons (Fsp3) is 0.154. The molecule has 0 spiro atoms. The summed E-state index contributed by atoms with van der Waals surface area (Å²) in [4.78, 5) is 25.5. The SMILES string of the molecule is COc1ccc([C@@H]2CC(=O)Oc3cc(O)c4c(=O)cc(-c5ccc(O)cc5)oc4c32)cc1OC. The Morgan fingerprint density at radius 2 is 1.65 bits per heavy atom. The number of methoxy groups -OCH3 is 2. The number of fused-ring (bicyclic) bond motifs is 3. The number of rotatable bonds is 4. The summed E-state index contributed by atoms with van der Waals surface area (Å²) in [7, 11) is 3.04. The lowest BCUT2D eigenvalue weighted by molar-refractivity contribution is -0.135. The Balaban J connectivity index is 1.79. The van der Waals surface area contributed by atoms with E-state index >= 15 is 0 Å². The number of hydrogen-bond donors (Lipinski definition) is 2.